The maximum atomic E-state index is 5.76. The zero-order chi connectivity index (χ0) is 8.43. The van der Waals surface area contributed by atoms with Crippen molar-refractivity contribution in [2.45, 2.75) is 0 Å². The summed E-state index contributed by atoms with van der Waals surface area (Å²) < 4.78 is 5.75. The van der Waals surface area contributed by atoms with Gasteiger partial charge in [0.05, 0.1) is 17.8 Å². The van der Waals surface area contributed by atoms with Crippen LogP contribution in [0, 0.1) is 0 Å². The van der Waals surface area contributed by atoms with Crippen LogP contribution in [0.15, 0.2) is 16.6 Å². The van der Waals surface area contributed by atoms with Crippen LogP contribution in [0.4, 0.5) is 5.69 Å². The van der Waals surface area contributed by atoms with Crippen molar-refractivity contribution in [3.05, 3.63) is 21.6 Å². The molecule has 60 valence electrons. The van der Waals surface area contributed by atoms with E-state index < -0.39 is 0 Å². The third-order valence-corrected chi connectivity index (χ3v) is 2.47. The summed E-state index contributed by atoms with van der Waals surface area (Å²) in [6.07, 6.45) is 0. The smallest absolute Gasteiger partial charge is 0.142 e. The molecule has 2 N–H and O–H groups in total. The molecule has 0 atom stereocenters. The van der Waals surface area contributed by atoms with Crippen molar-refractivity contribution in [1.82, 2.24) is 0 Å². The quantitative estimate of drug-likeness (QED) is 0.761. The highest BCUT2D eigenvalue weighted by atomic mass is 79.9. The molecule has 1 rings (SSSR count). The van der Waals surface area contributed by atoms with E-state index in [2.05, 4.69) is 15.9 Å². The van der Waals surface area contributed by atoms with Gasteiger partial charge in [-0.15, -0.1) is 0 Å². The van der Waals surface area contributed by atoms with Crippen LogP contribution in [-0.4, -0.2) is 7.11 Å². The van der Waals surface area contributed by atoms with Gasteiger partial charge in [0, 0.05) is 4.47 Å². The number of hydrogen-bond acceptors (Lipinski definition) is 2. The van der Waals surface area contributed by atoms with Gasteiger partial charge in [0.25, 0.3) is 0 Å². The average molecular weight is 236 g/mol. The first-order valence-electron chi connectivity index (χ1n) is 2.93. The van der Waals surface area contributed by atoms with Gasteiger partial charge in [0.15, 0.2) is 0 Å². The number of ether oxygens (including phenoxy) is 1. The third-order valence-electron chi connectivity index (χ3n) is 1.27. The fourth-order valence-electron chi connectivity index (χ4n) is 0.721. The fraction of sp³-hybridized carbons (Fsp3) is 0.143. The number of benzene rings is 1. The van der Waals surface area contributed by atoms with Crippen LogP contribution in [0.25, 0.3) is 0 Å². The molecule has 1 aromatic carbocycles. The molecule has 0 radical (unpaired) electrons. The molecule has 0 aliphatic heterocycles. The first-order valence-corrected chi connectivity index (χ1v) is 4.10. The summed E-state index contributed by atoms with van der Waals surface area (Å²) in [5.74, 6) is 0.626. The molecule has 0 bridgehead atoms. The predicted octanol–water partition coefficient (Wildman–Crippen LogP) is 2.69. The minimum Gasteiger partial charge on any atom is -0.495 e. The number of rotatable bonds is 1. The molecule has 0 aromatic heterocycles. The number of anilines is 1. The Morgan fingerprint density at radius 1 is 1.55 bits per heavy atom. The first kappa shape index (κ1) is 8.68. The zero-order valence-corrected chi connectivity index (χ0v) is 8.24. The minimum absolute atomic E-state index is 0.542. The van der Waals surface area contributed by atoms with Crippen molar-refractivity contribution in [2.75, 3.05) is 12.8 Å². The summed E-state index contributed by atoms with van der Waals surface area (Å²) in [5.41, 5.74) is 6.11. The lowest BCUT2D eigenvalue weighted by Crippen LogP contribution is -1.91. The molecule has 0 aliphatic carbocycles. The van der Waals surface area contributed by atoms with Gasteiger partial charge in [-0.25, -0.2) is 0 Å². The van der Waals surface area contributed by atoms with E-state index in [1.165, 1.54) is 0 Å². The summed E-state index contributed by atoms with van der Waals surface area (Å²) in [6, 6.07) is 3.38. The SMILES string of the molecule is COc1cc(Br)c(Cl)cc1N. The molecule has 0 saturated heterocycles. The highest BCUT2D eigenvalue weighted by Gasteiger charge is 2.03. The van der Waals surface area contributed by atoms with Gasteiger partial charge in [0.1, 0.15) is 5.75 Å². The molecule has 0 amide bonds. The molecule has 0 spiro atoms. The number of nitrogens with two attached hydrogens (primary N) is 1. The third kappa shape index (κ3) is 1.79. The van der Waals surface area contributed by atoms with Crippen LogP contribution in [0.1, 0.15) is 0 Å². The molecular weight excluding hydrogens is 229 g/mol. The highest BCUT2D eigenvalue weighted by Crippen LogP contribution is 2.32. The van der Waals surface area contributed by atoms with Gasteiger partial charge < -0.3 is 10.5 Å². The van der Waals surface area contributed by atoms with Crippen molar-refractivity contribution >= 4 is 33.2 Å². The molecule has 0 saturated carbocycles. The Balaban J connectivity index is 3.21. The van der Waals surface area contributed by atoms with E-state index in [1.54, 1.807) is 19.2 Å². The van der Waals surface area contributed by atoms with Gasteiger partial charge in [-0.2, -0.15) is 0 Å². The second-order valence-corrected chi connectivity index (χ2v) is 3.27. The van der Waals surface area contributed by atoms with Crippen molar-refractivity contribution in [3.63, 3.8) is 0 Å². The largest absolute Gasteiger partial charge is 0.495 e. The van der Waals surface area contributed by atoms with E-state index in [9.17, 15) is 0 Å². The van der Waals surface area contributed by atoms with E-state index in [0.29, 0.717) is 16.5 Å². The van der Waals surface area contributed by atoms with Gasteiger partial charge in [0.2, 0.25) is 0 Å². The number of hydrogen-bond donors (Lipinski definition) is 1. The maximum Gasteiger partial charge on any atom is 0.142 e. The lowest BCUT2D eigenvalue weighted by molar-refractivity contribution is 0.416. The predicted molar refractivity (Wildman–Crippen MR) is 50.1 cm³/mol. The summed E-state index contributed by atoms with van der Waals surface area (Å²) in [7, 11) is 1.56. The molecule has 0 fully saturated rings. The lowest BCUT2D eigenvalue weighted by atomic mass is 10.3. The first-order chi connectivity index (χ1) is 5.15. The van der Waals surface area contributed by atoms with Crippen molar-refractivity contribution in [2.24, 2.45) is 0 Å². The molecule has 1 aromatic rings. The van der Waals surface area contributed by atoms with Gasteiger partial charge >= 0.3 is 0 Å². The fourth-order valence-corrected chi connectivity index (χ4v) is 1.22. The number of nitrogen functional groups attached to an aromatic ring is 1. The summed E-state index contributed by atoms with van der Waals surface area (Å²) in [5, 5.41) is 0.586. The van der Waals surface area contributed by atoms with E-state index in [4.69, 9.17) is 22.1 Å². The molecule has 0 unspecified atom stereocenters. The number of methoxy groups -OCH3 is 1. The Bertz CT molecular complexity index is 277. The lowest BCUT2D eigenvalue weighted by Gasteiger charge is -2.05. The monoisotopic (exact) mass is 235 g/mol. The zero-order valence-electron chi connectivity index (χ0n) is 5.90. The maximum absolute atomic E-state index is 5.76. The van der Waals surface area contributed by atoms with Gasteiger partial charge in [-0.05, 0) is 28.1 Å². The van der Waals surface area contributed by atoms with E-state index >= 15 is 0 Å². The minimum atomic E-state index is 0.542. The molecular formula is C7H7BrClNO. The van der Waals surface area contributed by atoms with Crippen LogP contribution in [-0.2, 0) is 0 Å². The topological polar surface area (TPSA) is 35.2 Å². The second-order valence-electron chi connectivity index (χ2n) is 2.01. The molecule has 2 nitrogen and oxygen atoms in total. The summed E-state index contributed by atoms with van der Waals surface area (Å²) >= 11 is 9.01. The second kappa shape index (κ2) is 3.32. The van der Waals surface area contributed by atoms with Gasteiger partial charge in [-0.1, -0.05) is 11.6 Å². The Morgan fingerprint density at radius 2 is 2.18 bits per heavy atom. The van der Waals surface area contributed by atoms with E-state index in [-0.39, 0.29) is 0 Å². The average Bonchev–Trinajstić information content (AvgIpc) is 1.97. The van der Waals surface area contributed by atoms with Crippen molar-refractivity contribution < 1.29 is 4.74 Å². The van der Waals surface area contributed by atoms with Crippen LogP contribution < -0.4 is 10.5 Å². The van der Waals surface area contributed by atoms with E-state index in [1.807, 2.05) is 0 Å². The van der Waals surface area contributed by atoms with Crippen LogP contribution in [0.5, 0.6) is 5.75 Å². The normalized spacial score (nSPS) is 9.73. The standard InChI is InChI=1S/C7H7BrClNO/c1-11-7-2-4(8)5(9)3-6(7)10/h2-3H,10H2,1H3. The summed E-state index contributed by atoms with van der Waals surface area (Å²) in [6.45, 7) is 0. The highest BCUT2D eigenvalue weighted by molar-refractivity contribution is 9.10. The van der Waals surface area contributed by atoms with Gasteiger partial charge in [-0.3, -0.25) is 0 Å². The number of halogens is 2. The van der Waals surface area contributed by atoms with Crippen molar-refractivity contribution in [3.8, 4) is 5.75 Å². The van der Waals surface area contributed by atoms with E-state index in [0.717, 1.165) is 4.47 Å². The molecule has 4 heteroatoms. The van der Waals surface area contributed by atoms with Crippen LogP contribution >= 0.6 is 27.5 Å². The molecule has 0 aliphatic rings. The van der Waals surface area contributed by atoms with Crippen LogP contribution in [0.3, 0.4) is 0 Å². The Morgan fingerprint density at radius 3 is 2.73 bits per heavy atom. The molecule has 0 heterocycles. The Kier molecular flexibility index (Phi) is 2.62. The molecule has 11 heavy (non-hydrogen) atoms. The Hall–Kier alpha value is -0.410. The van der Waals surface area contributed by atoms with Crippen molar-refractivity contribution in [1.29, 1.82) is 0 Å². The summed E-state index contributed by atoms with van der Waals surface area (Å²) in [4.78, 5) is 0. The van der Waals surface area contributed by atoms with Crippen LogP contribution in [0.2, 0.25) is 5.02 Å². The Labute approximate surface area is 78.4 Å².